The van der Waals surface area contributed by atoms with Gasteiger partial charge in [-0.05, 0) is 40.5 Å². The van der Waals surface area contributed by atoms with Crippen molar-refractivity contribution in [3.63, 3.8) is 0 Å². The van der Waals surface area contributed by atoms with E-state index in [9.17, 15) is 0 Å². The largest absolute Gasteiger partial charge is 0.470 e. The smallest absolute Gasteiger partial charge is 0.403 e. The van der Waals surface area contributed by atoms with E-state index in [0.29, 0.717) is 13.2 Å². The van der Waals surface area contributed by atoms with Crippen LogP contribution in [0.5, 0.6) is 0 Å². The van der Waals surface area contributed by atoms with E-state index in [1.165, 1.54) is 0 Å². The van der Waals surface area contributed by atoms with Crippen molar-refractivity contribution in [1.29, 1.82) is 0 Å². The van der Waals surface area contributed by atoms with Crippen LogP contribution in [0.2, 0.25) is 0 Å². The van der Waals surface area contributed by atoms with Gasteiger partial charge in [-0.15, -0.1) is 5.10 Å². The molecule has 0 bridgehead atoms. The van der Waals surface area contributed by atoms with E-state index in [2.05, 4.69) is 38.0 Å². The number of rotatable bonds is 5. The molecule has 1 aliphatic carbocycles. The molecule has 1 saturated heterocycles. The molecule has 0 amide bonds. The summed E-state index contributed by atoms with van der Waals surface area (Å²) in [5.41, 5.74) is 0.357. The van der Waals surface area contributed by atoms with Crippen molar-refractivity contribution in [2.24, 2.45) is 0 Å². The monoisotopic (exact) mass is 293 g/mol. The van der Waals surface area contributed by atoms with Gasteiger partial charge in [-0.2, -0.15) is 0 Å². The SMILES string of the molecule is COCCn1cc(C2(B3OC(C)(C)C(C)(C)O3)CC2)nn1. The van der Waals surface area contributed by atoms with E-state index >= 15 is 0 Å². The first-order valence-corrected chi connectivity index (χ1v) is 7.56. The van der Waals surface area contributed by atoms with Gasteiger partial charge in [0.1, 0.15) is 0 Å². The Labute approximate surface area is 126 Å². The van der Waals surface area contributed by atoms with E-state index in [1.54, 1.807) is 7.11 Å². The number of methoxy groups -OCH3 is 1. The Morgan fingerprint density at radius 3 is 2.38 bits per heavy atom. The Morgan fingerprint density at radius 1 is 1.24 bits per heavy atom. The fourth-order valence-electron chi connectivity index (χ4n) is 2.64. The van der Waals surface area contributed by atoms with Crippen LogP contribution in [0.25, 0.3) is 0 Å². The van der Waals surface area contributed by atoms with Crippen molar-refractivity contribution in [1.82, 2.24) is 15.0 Å². The van der Waals surface area contributed by atoms with Gasteiger partial charge < -0.3 is 14.0 Å². The van der Waals surface area contributed by atoms with Crippen molar-refractivity contribution in [2.75, 3.05) is 13.7 Å². The van der Waals surface area contributed by atoms with E-state index in [0.717, 1.165) is 18.5 Å². The van der Waals surface area contributed by atoms with Gasteiger partial charge in [0.05, 0.1) is 35.4 Å². The Kier molecular flexibility index (Phi) is 3.42. The molecule has 1 aliphatic heterocycles. The third-order valence-corrected chi connectivity index (χ3v) is 5.07. The molecule has 3 rings (SSSR count). The summed E-state index contributed by atoms with van der Waals surface area (Å²) in [5.74, 6) is 0. The third-order valence-electron chi connectivity index (χ3n) is 5.07. The summed E-state index contributed by atoms with van der Waals surface area (Å²) < 4.78 is 19.3. The molecular weight excluding hydrogens is 269 g/mol. The second-order valence-corrected chi connectivity index (χ2v) is 7.10. The normalized spacial score (nSPS) is 25.3. The van der Waals surface area contributed by atoms with Crippen LogP contribution < -0.4 is 0 Å². The fraction of sp³-hybridized carbons (Fsp3) is 0.857. The lowest BCUT2D eigenvalue weighted by molar-refractivity contribution is 0.00578. The highest BCUT2D eigenvalue weighted by molar-refractivity contribution is 6.51. The molecule has 6 nitrogen and oxygen atoms in total. The summed E-state index contributed by atoms with van der Waals surface area (Å²) in [7, 11) is 1.44. The molecule has 2 aliphatic rings. The van der Waals surface area contributed by atoms with Gasteiger partial charge in [0.25, 0.3) is 0 Å². The Bertz CT molecular complexity index is 509. The molecular formula is C14H24BN3O3. The zero-order valence-electron chi connectivity index (χ0n) is 13.5. The summed E-state index contributed by atoms with van der Waals surface area (Å²) in [4.78, 5) is 0. The van der Waals surface area contributed by atoms with Crippen LogP contribution in [0.4, 0.5) is 0 Å². The van der Waals surface area contributed by atoms with Crippen molar-refractivity contribution in [3.8, 4) is 0 Å². The standard InChI is InChI=1S/C14H24BN3O3/c1-12(2)13(3,4)21-15(20-12)14(6-7-14)11-10-18(17-16-11)8-9-19-5/h10H,6-9H2,1-5H3. The minimum Gasteiger partial charge on any atom is -0.403 e. The van der Waals surface area contributed by atoms with Crippen molar-refractivity contribution < 1.29 is 14.0 Å². The summed E-state index contributed by atoms with van der Waals surface area (Å²) in [5, 5.41) is 8.39. The van der Waals surface area contributed by atoms with Crippen molar-refractivity contribution in [2.45, 2.75) is 63.6 Å². The maximum atomic E-state index is 6.21. The summed E-state index contributed by atoms with van der Waals surface area (Å²) in [6, 6.07) is 0. The van der Waals surface area contributed by atoms with Gasteiger partial charge in [-0.1, -0.05) is 5.21 Å². The van der Waals surface area contributed by atoms with E-state index < -0.39 is 0 Å². The van der Waals surface area contributed by atoms with Crippen LogP contribution in [-0.2, 0) is 25.9 Å². The first-order valence-electron chi connectivity index (χ1n) is 7.56. The number of hydrogen-bond donors (Lipinski definition) is 0. The zero-order chi connectivity index (χ0) is 15.3. The second kappa shape index (κ2) is 4.79. The molecule has 0 spiro atoms. The minimum absolute atomic E-state index is 0.129. The first-order chi connectivity index (χ1) is 9.81. The van der Waals surface area contributed by atoms with Crippen molar-refractivity contribution in [3.05, 3.63) is 11.9 Å². The van der Waals surface area contributed by atoms with Crippen LogP contribution in [-0.4, -0.2) is 47.0 Å². The quantitative estimate of drug-likeness (QED) is 0.772. The summed E-state index contributed by atoms with van der Waals surface area (Å²) in [6.45, 7) is 9.67. The molecule has 0 N–H and O–H groups in total. The third kappa shape index (κ3) is 2.41. The molecule has 7 heteroatoms. The predicted octanol–water partition coefficient (Wildman–Crippen LogP) is 1.59. The summed E-state index contributed by atoms with van der Waals surface area (Å²) in [6.07, 6.45) is 4.07. The second-order valence-electron chi connectivity index (χ2n) is 7.10. The maximum Gasteiger partial charge on any atom is 0.470 e. The van der Waals surface area contributed by atoms with Crippen molar-refractivity contribution >= 4 is 7.12 Å². The lowest BCUT2D eigenvalue weighted by atomic mass is 9.66. The highest BCUT2D eigenvalue weighted by Crippen LogP contribution is 2.54. The van der Waals surface area contributed by atoms with Crippen LogP contribution in [0.15, 0.2) is 6.20 Å². The molecule has 0 unspecified atom stereocenters. The molecule has 2 fully saturated rings. The maximum absolute atomic E-state index is 6.21. The van der Waals surface area contributed by atoms with Crippen LogP contribution in [0, 0.1) is 0 Å². The van der Waals surface area contributed by atoms with Gasteiger partial charge in [0.15, 0.2) is 0 Å². The molecule has 2 heterocycles. The van der Waals surface area contributed by atoms with Crippen LogP contribution in [0.1, 0.15) is 46.2 Å². The molecule has 116 valence electrons. The molecule has 0 radical (unpaired) electrons. The van der Waals surface area contributed by atoms with Gasteiger partial charge in [-0.25, -0.2) is 4.68 Å². The Hall–Kier alpha value is -0.915. The molecule has 0 aromatic carbocycles. The van der Waals surface area contributed by atoms with Crippen LogP contribution >= 0.6 is 0 Å². The number of hydrogen-bond acceptors (Lipinski definition) is 5. The van der Waals surface area contributed by atoms with Gasteiger partial charge in [0, 0.05) is 13.3 Å². The fourth-order valence-corrected chi connectivity index (χ4v) is 2.64. The molecule has 0 atom stereocenters. The van der Waals surface area contributed by atoms with E-state index in [-0.39, 0.29) is 23.6 Å². The lowest BCUT2D eigenvalue weighted by Gasteiger charge is -2.32. The Morgan fingerprint density at radius 2 is 1.86 bits per heavy atom. The van der Waals surface area contributed by atoms with E-state index in [4.69, 9.17) is 14.0 Å². The van der Waals surface area contributed by atoms with Gasteiger partial charge >= 0.3 is 7.12 Å². The lowest BCUT2D eigenvalue weighted by Crippen LogP contribution is -2.41. The average Bonchev–Trinajstić information content (AvgIpc) is 3.01. The topological polar surface area (TPSA) is 58.4 Å². The number of ether oxygens (including phenoxy) is 1. The highest BCUT2D eigenvalue weighted by atomic mass is 16.7. The Balaban J connectivity index is 1.78. The minimum atomic E-state index is -0.306. The molecule has 1 saturated carbocycles. The zero-order valence-corrected chi connectivity index (χ0v) is 13.5. The summed E-state index contributed by atoms with van der Waals surface area (Å²) >= 11 is 0. The predicted molar refractivity (Wildman–Crippen MR) is 78.9 cm³/mol. The first kappa shape index (κ1) is 15.0. The molecule has 21 heavy (non-hydrogen) atoms. The molecule has 1 aromatic heterocycles. The highest BCUT2D eigenvalue weighted by Gasteiger charge is 2.66. The molecule has 1 aromatic rings. The number of nitrogens with zero attached hydrogens (tertiary/aromatic N) is 3. The van der Waals surface area contributed by atoms with Gasteiger partial charge in [0.2, 0.25) is 0 Å². The van der Waals surface area contributed by atoms with Gasteiger partial charge in [-0.3, -0.25) is 0 Å². The number of aromatic nitrogens is 3. The van der Waals surface area contributed by atoms with Crippen LogP contribution in [0.3, 0.4) is 0 Å². The average molecular weight is 293 g/mol. The van der Waals surface area contributed by atoms with E-state index in [1.807, 2.05) is 10.9 Å².